The number of halogens is 1. The van der Waals surface area contributed by atoms with E-state index in [9.17, 15) is 40.2 Å². The molecule has 0 aliphatic carbocycles. The van der Waals surface area contributed by atoms with Crippen molar-refractivity contribution >= 4 is 34.5 Å². The van der Waals surface area contributed by atoms with Gasteiger partial charge in [0.2, 0.25) is 0 Å². The maximum absolute atomic E-state index is 14.3. The summed E-state index contributed by atoms with van der Waals surface area (Å²) in [5.41, 5.74) is -4.61. The van der Waals surface area contributed by atoms with Gasteiger partial charge in [0.1, 0.15) is 35.4 Å². The number of nitrogens with zero attached hydrogens (tertiary/aromatic N) is 2. The van der Waals surface area contributed by atoms with Gasteiger partial charge in [-0.1, -0.05) is 13.8 Å². The van der Waals surface area contributed by atoms with Crippen LogP contribution in [0.15, 0.2) is 18.2 Å². The number of carbonyl (C=O) groups is 2. The number of alkyl halides is 1. The molecule has 0 radical (unpaired) electrons. The average Bonchev–Trinajstić information content (AvgIpc) is 3.22. The number of phenolic OH excluding ortho intramolecular Hbond substituents is 2. The number of esters is 1. The Labute approximate surface area is 398 Å². The highest BCUT2D eigenvalue weighted by molar-refractivity contribution is 14.1. The minimum atomic E-state index is -1.86. The zero-order valence-electron chi connectivity index (χ0n) is 40.5. The van der Waals surface area contributed by atoms with E-state index in [1.54, 1.807) is 34.6 Å². The molecular weight excluding hydrogens is 961 g/mol. The van der Waals surface area contributed by atoms with Gasteiger partial charge in [-0.25, -0.2) is 0 Å². The van der Waals surface area contributed by atoms with Gasteiger partial charge in [0.05, 0.1) is 47.1 Å². The summed E-state index contributed by atoms with van der Waals surface area (Å²) in [6.07, 6.45) is -6.99. The molecule has 3 aliphatic heterocycles. The molecule has 374 valence electrons. The summed E-state index contributed by atoms with van der Waals surface area (Å²) in [5.74, 6) is -3.78. The number of likely N-dealkylation sites (N-methyl/N-ethyl adjacent to an activating group) is 2. The van der Waals surface area contributed by atoms with E-state index in [1.807, 2.05) is 74.3 Å². The van der Waals surface area contributed by atoms with E-state index < -0.39 is 99.9 Å². The van der Waals surface area contributed by atoms with Crippen molar-refractivity contribution in [1.82, 2.24) is 15.1 Å². The second kappa shape index (κ2) is 23.1. The Bertz CT molecular complexity index is 1710. The van der Waals surface area contributed by atoms with Crippen LogP contribution in [-0.2, 0) is 38.0 Å². The van der Waals surface area contributed by atoms with Gasteiger partial charge in [-0.15, -0.1) is 0 Å². The highest BCUT2D eigenvalue weighted by Crippen LogP contribution is 2.41. The van der Waals surface area contributed by atoms with E-state index in [-0.39, 0.29) is 61.1 Å². The van der Waals surface area contributed by atoms with Crippen LogP contribution in [-0.4, -0.2) is 189 Å². The zero-order valence-corrected chi connectivity index (χ0v) is 42.6. The second-order valence-corrected chi connectivity index (χ2v) is 20.9. The molecular formula is C46H78IN3O15. The number of carbonyl (C=O) groups excluding carboxylic acids is 2. The van der Waals surface area contributed by atoms with Crippen molar-refractivity contribution < 1.29 is 73.4 Å². The first-order chi connectivity index (χ1) is 30.1. The zero-order chi connectivity index (χ0) is 48.9. The van der Waals surface area contributed by atoms with Gasteiger partial charge in [0, 0.05) is 51.2 Å². The van der Waals surface area contributed by atoms with Gasteiger partial charge in [0.15, 0.2) is 16.7 Å². The van der Waals surface area contributed by atoms with Crippen LogP contribution in [0.25, 0.3) is 0 Å². The van der Waals surface area contributed by atoms with Gasteiger partial charge in [0.25, 0.3) is 5.91 Å². The maximum Gasteiger partial charge on any atom is 0.312 e. The highest BCUT2D eigenvalue weighted by Gasteiger charge is 2.53. The third kappa shape index (κ3) is 13.6. The number of ether oxygens (including phenoxy) is 7. The first-order valence-corrected chi connectivity index (χ1v) is 24.0. The van der Waals surface area contributed by atoms with Crippen molar-refractivity contribution in [2.75, 3.05) is 47.9 Å². The minimum Gasteiger partial charge on any atom is -0.508 e. The Kier molecular flexibility index (Phi) is 19.7. The van der Waals surface area contributed by atoms with Crippen LogP contribution in [0.1, 0.15) is 98.4 Å². The molecule has 3 heterocycles. The van der Waals surface area contributed by atoms with Crippen molar-refractivity contribution in [2.45, 2.75) is 176 Å². The van der Waals surface area contributed by atoms with Crippen molar-refractivity contribution in [3.05, 3.63) is 23.8 Å². The number of hydrogen-bond donors (Lipinski definition) is 7. The van der Waals surface area contributed by atoms with E-state index >= 15 is 0 Å². The average molecular weight is 1040 g/mol. The molecule has 7 N–H and O–H groups in total. The minimum absolute atomic E-state index is 0.0598. The molecule has 1 amide bonds. The third-order valence-corrected chi connectivity index (χ3v) is 15.2. The first kappa shape index (κ1) is 55.6. The Morgan fingerprint density at radius 2 is 1.65 bits per heavy atom. The monoisotopic (exact) mass is 1040 g/mol. The summed E-state index contributed by atoms with van der Waals surface area (Å²) in [6, 6.07) is 2.92. The molecule has 0 aromatic heterocycles. The lowest BCUT2D eigenvalue weighted by Gasteiger charge is -2.49. The summed E-state index contributed by atoms with van der Waals surface area (Å²) in [4.78, 5) is 31.1. The molecule has 65 heavy (non-hydrogen) atoms. The van der Waals surface area contributed by atoms with E-state index in [2.05, 4.69) is 5.32 Å². The van der Waals surface area contributed by atoms with Crippen molar-refractivity contribution in [1.29, 1.82) is 0 Å². The number of aromatic hydroxyl groups is 2. The number of hydrogen-bond acceptors (Lipinski definition) is 17. The first-order valence-electron chi connectivity index (χ1n) is 22.8. The van der Waals surface area contributed by atoms with Gasteiger partial charge >= 0.3 is 5.97 Å². The Morgan fingerprint density at radius 3 is 2.28 bits per heavy atom. The third-order valence-electron chi connectivity index (χ3n) is 13.7. The second-order valence-electron chi connectivity index (χ2n) is 19.7. The van der Waals surface area contributed by atoms with Crippen LogP contribution in [0.4, 0.5) is 0 Å². The number of rotatable bonds is 12. The summed E-state index contributed by atoms with van der Waals surface area (Å²) in [7, 11) is 7.18. The van der Waals surface area contributed by atoms with Gasteiger partial charge < -0.3 is 78.9 Å². The number of amides is 1. The fraction of sp³-hybridized carbons (Fsp3) is 0.826. The fourth-order valence-corrected chi connectivity index (χ4v) is 10.2. The lowest BCUT2D eigenvalue weighted by molar-refractivity contribution is -0.321. The van der Waals surface area contributed by atoms with Crippen LogP contribution >= 0.6 is 22.6 Å². The summed E-state index contributed by atoms with van der Waals surface area (Å²) >= 11 is 1.82. The number of benzene rings is 1. The Balaban J connectivity index is 1.74. The van der Waals surface area contributed by atoms with Crippen LogP contribution in [0.5, 0.6) is 11.5 Å². The largest absolute Gasteiger partial charge is 0.508 e. The predicted molar refractivity (Wildman–Crippen MR) is 248 cm³/mol. The molecule has 3 aliphatic rings. The molecule has 18 atom stereocenters. The lowest BCUT2D eigenvalue weighted by Crippen LogP contribution is -2.61. The molecule has 0 bridgehead atoms. The SMILES string of the molecule is CO[C@]1(C)C[C@H](O[C@H]2[C@H](C)[C@@H](O[C@@H]3O[C@H](C)C[C@H](N(C)C)[C@H]3OCCCNC(=O)c3cc(O)ccc3O)[C@](C)(O)C[C@@H](C)CN(C)[C@H](C)[C@@H](O)[C@](C)(O)[C@@H](I)OC(=O)[C@@H]2C)O[C@@H](C)[C@@H]1O. The molecule has 0 spiro atoms. The molecule has 0 saturated carbocycles. The van der Waals surface area contributed by atoms with Crippen LogP contribution in [0, 0.1) is 17.8 Å². The van der Waals surface area contributed by atoms with Gasteiger partial charge in [-0.05, 0) is 136 Å². The number of cyclic esters (lactones) is 1. The summed E-state index contributed by atoms with van der Waals surface area (Å²) in [5, 5.41) is 69.8. The number of nitrogens with one attached hydrogen (secondary N) is 1. The predicted octanol–water partition coefficient (Wildman–Crippen LogP) is 3.14. The van der Waals surface area contributed by atoms with Crippen LogP contribution in [0.2, 0.25) is 0 Å². The normalized spacial score (nSPS) is 41.9. The van der Waals surface area contributed by atoms with Crippen molar-refractivity contribution in [2.24, 2.45) is 17.8 Å². The highest BCUT2D eigenvalue weighted by atomic mass is 127. The molecule has 0 unspecified atom stereocenters. The Hall–Kier alpha value is -1.99. The van der Waals surface area contributed by atoms with E-state index in [0.29, 0.717) is 19.4 Å². The summed E-state index contributed by atoms with van der Waals surface area (Å²) < 4.78 is 43.8. The number of aliphatic hydroxyl groups is 4. The summed E-state index contributed by atoms with van der Waals surface area (Å²) in [6.45, 7) is 16.5. The Morgan fingerprint density at radius 1 is 0.985 bits per heavy atom. The molecule has 18 nitrogen and oxygen atoms in total. The molecule has 3 fully saturated rings. The standard InChI is InChI=1S/C46H78IN3O15/c1-24-21-44(7,57)39(64-42-36(32(49(10)11)19-25(2)61-42)60-18-14-17-48-40(55)31-20-30(51)15-16-33(31)52)26(3)35(63-34-22-45(8,59-13)38(54)29(6)62-34)27(4)41(56)65-43(47)46(9,58)37(53)28(5)50(12)23-24/h15-16,20,24-29,32,34-39,42-43,51-54,57-58H,14,17-19,21-23H2,1-13H3,(H,48,55)/t24-,25-,26+,27-,28-,29+,32+,34+,35+,36-,37-,38+,39-,42+,43+,44-,45-,46+/m1/s1. The van der Waals surface area contributed by atoms with E-state index in [0.717, 1.165) is 0 Å². The van der Waals surface area contributed by atoms with Crippen LogP contribution < -0.4 is 5.32 Å². The lowest BCUT2D eigenvalue weighted by atomic mass is 9.77. The van der Waals surface area contributed by atoms with Crippen molar-refractivity contribution in [3.63, 3.8) is 0 Å². The van der Waals surface area contributed by atoms with E-state index in [4.69, 9.17) is 33.2 Å². The maximum atomic E-state index is 14.3. The number of phenols is 2. The number of aliphatic hydroxyl groups excluding tert-OH is 2. The smallest absolute Gasteiger partial charge is 0.312 e. The molecule has 19 heteroatoms. The molecule has 1 aromatic carbocycles. The van der Waals surface area contributed by atoms with Crippen molar-refractivity contribution in [3.8, 4) is 11.5 Å². The molecule has 1 aromatic rings. The number of methoxy groups -OCH3 is 1. The molecule has 4 rings (SSSR count). The fourth-order valence-electron chi connectivity index (χ4n) is 9.61. The van der Waals surface area contributed by atoms with Crippen LogP contribution in [0.3, 0.4) is 0 Å². The molecule has 3 saturated heterocycles. The van der Waals surface area contributed by atoms with Gasteiger partial charge in [-0.3, -0.25) is 9.59 Å². The quantitative estimate of drug-likeness (QED) is 0.0524. The van der Waals surface area contributed by atoms with Gasteiger partial charge in [-0.2, -0.15) is 0 Å². The van der Waals surface area contributed by atoms with E-state index in [1.165, 1.54) is 32.2 Å². The topological polar surface area (TPSA) is 239 Å².